The highest BCUT2D eigenvalue weighted by molar-refractivity contribution is 7.59. The summed E-state index contributed by atoms with van der Waals surface area (Å²) in [6.45, 7) is 0.329. The second kappa shape index (κ2) is 10.2. The summed E-state index contributed by atoms with van der Waals surface area (Å²) < 4.78 is 67.0. The van der Waals surface area contributed by atoms with Crippen LogP contribution >= 0.6 is 25.1 Å². The Balaban J connectivity index is 0.00000363. The number of carbonyl (C=O) groups excluding carboxylic acids is 1. The van der Waals surface area contributed by atoms with E-state index < -0.39 is 42.2 Å². The average Bonchev–Trinajstić information content (AvgIpc) is 3.20. The molecule has 0 saturated heterocycles. The largest absolute Gasteiger partial charge is 0.416 e. The highest BCUT2D eigenvalue weighted by atomic mass is 35.5. The van der Waals surface area contributed by atoms with E-state index in [0.29, 0.717) is 17.0 Å². The van der Waals surface area contributed by atoms with Crippen LogP contribution in [0.3, 0.4) is 0 Å². The minimum atomic E-state index is -4.77. The summed E-state index contributed by atoms with van der Waals surface area (Å²) in [6.07, 6.45) is -3.77. The van der Waals surface area contributed by atoms with Gasteiger partial charge in [-0.2, -0.15) is 36.4 Å². The van der Waals surface area contributed by atoms with Crippen LogP contribution in [-0.4, -0.2) is 48.5 Å². The van der Waals surface area contributed by atoms with Crippen molar-refractivity contribution in [3.8, 4) is 5.95 Å². The molecule has 0 unspecified atom stereocenters. The van der Waals surface area contributed by atoms with Gasteiger partial charge in [-0.1, -0.05) is 11.6 Å². The molecule has 2 heterocycles. The number of benzene rings is 1. The Morgan fingerprint density at radius 1 is 1.16 bits per heavy atom. The number of hydrogen-bond acceptors (Lipinski definition) is 5. The molecular weight excluding hydrogens is 479 g/mol. The molecule has 0 spiro atoms. The second-order valence-electron chi connectivity index (χ2n) is 6.33. The Morgan fingerprint density at radius 3 is 2.41 bits per heavy atom. The summed E-state index contributed by atoms with van der Waals surface area (Å²) in [5.41, 5.74) is -1.66. The number of alkyl halides is 5. The van der Waals surface area contributed by atoms with Crippen molar-refractivity contribution in [1.29, 1.82) is 0 Å². The average molecular weight is 495 g/mol. The minimum Gasteiger partial charge on any atom is -0.323 e. The summed E-state index contributed by atoms with van der Waals surface area (Å²) in [4.78, 5) is 25.7. The summed E-state index contributed by atoms with van der Waals surface area (Å²) in [6, 6.07) is 2.62. The van der Waals surface area contributed by atoms with E-state index in [4.69, 9.17) is 11.6 Å². The van der Waals surface area contributed by atoms with Gasteiger partial charge in [0.25, 0.3) is 18.3 Å². The van der Waals surface area contributed by atoms with Crippen LogP contribution < -0.4 is 0 Å². The smallest absolute Gasteiger partial charge is 0.323 e. The van der Waals surface area contributed by atoms with Gasteiger partial charge in [-0.3, -0.25) is 4.79 Å². The van der Waals surface area contributed by atoms with E-state index in [-0.39, 0.29) is 30.3 Å². The van der Waals surface area contributed by atoms with Gasteiger partial charge < -0.3 is 4.90 Å². The van der Waals surface area contributed by atoms with Crippen molar-refractivity contribution < 1.29 is 26.7 Å². The van der Waals surface area contributed by atoms with Gasteiger partial charge in [0.2, 0.25) is 0 Å². The number of rotatable bonds is 6. The van der Waals surface area contributed by atoms with Crippen LogP contribution in [0.1, 0.15) is 34.7 Å². The standard InChI is InChI=1S/C18H14ClF5N6O.H2S/c1-10(15-27-9-28-30(15)17-25-3-2-4-26-17)29(8-14(20)21)16(31)11-5-12(18(22,23)24)7-13(19)6-11;/h2-7,9-10,14H,8H2,1H3;1H2/t10-;/m0./s1. The van der Waals surface area contributed by atoms with Crippen LogP contribution in [0.15, 0.2) is 43.0 Å². The molecule has 0 fully saturated rings. The quantitative estimate of drug-likeness (QED) is 0.477. The summed E-state index contributed by atoms with van der Waals surface area (Å²) in [5, 5.41) is 3.59. The Morgan fingerprint density at radius 2 is 1.81 bits per heavy atom. The molecule has 0 bridgehead atoms. The third-order valence-electron chi connectivity index (χ3n) is 4.22. The zero-order valence-electron chi connectivity index (χ0n) is 16.3. The number of carbonyl (C=O) groups is 1. The number of hydrogen-bond donors (Lipinski definition) is 0. The van der Waals surface area contributed by atoms with Crippen LogP contribution in [0.2, 0.25) is 5.02 Å². The zero-order chi connectivity index (χ0) is 22.8. The van der Waals surface area contributed by atoms with Crippen molar-refractivity contribution in [2.75, 3.05) is 6.54 Å². The highest BCUT2D eigenvalue weighted by Crippen LogP contribution is 2.33. The van der Waals surface area contributed by atoms with E-state index in [1.807, 2.05) is 0 Å². The van der Waals surface area contributed by atoms with Gasteiger partial charge in [0, 0.05) is 23.0 Å². The van der Waals surface area contributed by atoms with Crippen molar-refractivity contribution in [2.45, 2.75) is 25.6 Å². The lowest BCUT2D eigenvalue weighted by molar-refractivity contribution is -0.137. The molecule has 0 saturated carbocycles. The number of nitrogens with zero attached hydrogens (tertiary/aromatic N) is 6. The second-order valence-corrected chi connectivity index (χ2v) is 6.77. The Hall–Kier alpha value is -2.80. The first-order chi connectivity index (χ1) is 14.6. The van der Waals surface area contributed by atoms with Crippen molar-refractivity contribution in [3.05, 3.63) is 65.0 Å². The first kappa shape index (κ1) is 25.5. The SMILES string of the molecule is C[C@@H](c1ncnn1-c1ncccn1)N(CC(F)F)C(=O)c1cc(Cl)cc(C(F)(F)F)c1.S. The van der Waals surface area contributed by atoms with Gasteiger partial charge in [-0.05, 0) is 31.2 Å². The third kappa shape index (κ3) is 5.71. The molecule has 1 atom stereocenters. The van der Waals surface area contributed by atoms with Crippen LogP contribution in [0.25, 0.3) is 5.95 Å². The Bertz CT molecular complexity index is 1070. The Labute approximate surface area is 190 Å². The third-order valence-corrected chi connectivity index (χ3v) is 4.44. The molecule has 1 amide bonds. The fourth-order valence-electron chi connectivity index (χ4n) is 2.84. The molecule has 1 aromatic carbocycles. The molecule has 0 N–H and O–H groups in total. The van der Waals surface area contributed by atoms with Crippen LogP contribution in [0, 0.1) is 0 Å². The number of aromatic nitrogens is 5. The highest BCUT2D eigenvalue weighted by Gasteiger charge is 2.34. The summed E-state index contributed by atoms with van der Waals surface area (Å²) >= 11 is 5.73. The van der Waals surface area contributed by atoms with Gasteiger partial charge in [-0.15, -0.1) is 0 Å². The van der Waals surface area contributed by atoms with Gasteiger partial charge in [-0.25, -0.2) is 23.7 Å². The molecule has 14 heteroatoms. The first-order valence-electron chi connectivity index (χ1n) is 8.72. The van der Waals surface area contributed by atoms with Gasteiger partial charge >= 0.3 is 6.18 Å². The number of amides is 1. The molecule has 2 aromatic heterocycles. The van der Waals surface area contributed by atoms with Gasteiger partial charge in [0.05, 0.1) is 18.2 Å². The number of halogens is 6. The van der Waals surface area contributed by atoms with Crippen molar-refractivity contribution in [1.82, 2.24) is 29.6 Å². The fraction of sp³-hybridized carbons (Fsp3) is 0.278. The summed E-state index contributed by atoms with van der Waals surface area (Å²) in [7, 11) is 0. The predicted octanol–water partition coefficient (Wildman–Crippen LogP) is 4.31. The maximum atomic E-state index is 13.3. The van der Waals surface area contributed by atoms with Crippen molar-refractivity contribution >= 4 is 31.0 Å². The lowest BCUT2D eigenvalue weighted by Gasteiger charge is -2.28. The van der Waals surface area contributed by atoms with E-state index in [2.05, 4.69) is 20.1 Å². The first-order valence-corrected chi connectivity index (χ1v) is 9.10. The molecule has 0 aliphatic heterocycles. The molecule has 7 nitrogen and oxygen atoms in total. The maximum absolute atomic E-state index is 13.3. The molecule has 32 heavy (non-hydrogen) atoms. The lowest BCUT2D eigenvalue weighted by atomic mass is 10.1. The van der Waals surface area contributed by atoms with E-state index in [0.717, 1.165) is 17.1 Å². The zero-order valence-corrected chi connectivity index (χ0v) is 18.0. The van der Waals surface area contributed by atoms with Crippen LogP contribution in [-0.2, 0) is 6.18 Å². The fourth-order valence-corrected chi connectivity index (χ4v) is 3.07. The molecule has 0 aliphatic rings. The van der Waals surface area contributed by atoms with E-state index >= 15 is 0 Å². The normalized spacial score (nSPS) is 12.4. The van der Waals surface area contributed by atoms with Crippen molar-refractivity contribution in [2.24, 2.45) is 0 Å². The molecule has 3 rings (SSSR count). The molecule has 0 aliphatic carbocycles. The van der Waals surface area contributed by atoms with Gasteiger partial charge in [0.1, 0.15) is 6.33 Å². The molecular formula is C18H16ClF5N6OS. The van der Waals surface area contributed by atoms with E-state index in [1.54, 1.807) is 6.07 Å². The van der Waals surface area contributed by atoms with Crippen LogP contribution in [0.4, 0.5) is 22.0 Å². The predicted molar refractivity (Wildman–Crippen MR) is 109 cm³/mol. The summed E-state index contributed by atoms with van der Waals surface area (Å²) in [5.74, 6) is -0.962. The van der Waals surface area contributed by atoms with Gasteiger partial charge in [0.15, 0.2) is 5.82 Å². The Kier molecular flexibility index (Phi) is 8.13. The minimum absolute atomic E-state index is 0. The van der Waals surface area contributed by atoms with Crippen molar-refractivity contribution in [3.63, 3.8) is 0 Å². The molecule has 0 radical (unpaired) electrons. The maximum Gasteiger partial charge on any atom is 0.416 e. The lowest BCUT2D eigenvalue weighted by Crippen LogP contribution is -2.38. The van der Waals surface area contributed by atoms with Crippen LogP contribution in [0.5, 0.6) is 0 Å². The van der Waals surface area contributed by atoms with E-state index in [9.17, 15) is 26.7 Å². The topological polar surface area (TPSA) is 76.8 Å². The van der Waals surface area contributed by atoms with E-state index in [1.165, 1.54) is 19.3 Å². The molecule has 3 aromatic rings. The monoisotopic (exact) mass is 494 g/mol. The molecule has 172 valence electrons.